The van der Waals surface area contributed by atoms with Crippen molar-refractivity contribution >= 4 is 15.7 Å². The number of hydrogen-bond donors (Lipinski definition) is 0. The van der Waals surface area contributed by atoms with E-state index in [2.05, 4.69) is 10.00 Å². The highest BCUT2D eigenvalue weighted by molar-refractivity contribution is 7.91. The Hall–Kier alpha value is -1.41. The standard InChI is InChI=1S/C15H24N4O3S/c1-17-11-13(10-16-17)2-3-15(20)19-7-5-18(6-8-19)14-4-9-23(21,22)12-14/h10-11,14H,2-9,12H2,1H3/t14-/m0/s1. The minimum Gasteiger partial charge on any atom is -0.340 e. The fourth-order valence-electron chi connectivity index (χ4n) is 3.41. The average Bonchev–Trinajstić information content (AvgIpc) is 3.10. The topological polar surface area (TPSA) is 75.5 Å². The van der Waals surface area contributed by atoms with Crippen molar-refractivity contribution in [2.45, 2.75) is 25.3 Å². The second kappa shape index (κ2) is 6.60. The molecule has 2 aliphatic rings. The molecule has 0 saturated carbocycles. The summed E-state index contributed by atoms with van der Waals surface area (Å²) in [7, 11) is -0.973. The van der Waals surface area contributed by atoms with Gasteiger partial charge in [0.15, 0.2) is 9.84 Å². The summed E-state index contributed by atoms with van der Waals surface area (Å²) in [6.07, 6.45) is 5.69. The quantitative estimate of drug-likeness (QED) is 0.751. The van der Waals surface area contributed by atoms with Crippen LogP contribution in [0, 0.1) is 0 Å². The monoisotopic (exact) mass is 340 g/mol. The first-order chi connectivity index (χ1) is 10.9. The lowest BCUT2D eigenvalue weighted by molar-refractivity contribution is -0.133. The Morgan fingerprint density at radius 1 is 1.30 bits per heavy atom. The van der Waals surface area contributed by atoms with E-state index in [4.69, 9.17) is 0 Å². The van der Waals surface area contributed by atoms with Crippen molar-refractivity contribution in [1.29, 1.82) is 0 Å². The van der Waals surface area contributed by atoms with Gasteiger partial charge in [0, 0.05) is 51.9 Å². The van der Waals surface area contributed by atoms with Gasteiger partial charge in [-0.2, -0.15) is 5.10 Å². The van der Waals surface area contributed by atoms with Gasteiger partial charge < -0.3 is 4.90 Å². The molecular formula is C15H24N4O3S. The van der Waals surface area contributed by atoms with Crippen LogP contribution in [0.3, 0.4) is 0 Å². The Kier molecular flexibility index (Phi) is 4.72. The normalized spacial score (nSPS) is 24.9. The third-order valence-corrected chi connectivity index (χ3v) is 6.53. The van der Waals surface area contributed by atoms with Crippen LogP contribution in [-0.4, -0.2) is 77.6 Å². The number of sulfone groups is 1. The Morgan fingerprint density at radius 2 is 2.04 bits per heavy atom. The first-order valence-corrected chi connectivity index (χ1v) is 9.95. The third kappa shape index (κ3) is 4.11. The Morgan fingerprint density at radius 3 is 2.61 bits per heavy atom. The van der Waals surface area contributed by atoms with Crippen molar-refractivity contribution in [3.63, 3.8) is 0 Å². The van der Waals surface area contributed by atoms with Gasteiger partial charge in [0.05, 0.1) is 17.7 Å². The Labute approximate surface area is 137 Å². The van der Waals surface area contributed by atoms with Gasteiger partial charge in [-0.25, -0.2) is 8.42 Å². The summed E-state index contributed by atoms with van der Waals surface area (Å²) in [4.78, 5) is 16.4. The molecule has 2 aliphatic heterocycles. The van der Waals surface area contributed by atoms with Crippen LogP contribution in [0.5, 0.6) is 0 Å². The predicted octanol–water partition coefficient (Wildman–Crippen LogP) is -0.316. The molecule has 1 atom stereocenters. The van der Waals surface area contributed by atoms with Crippen molar-refractivity contribution < 1.29 is 13.2 Å². The summed E-state index contributed by atoms with van der Waals surface area (Å²) in [6, 6.07) is 0.146. The van der Waals surface area contributed by atoms with E-state index >= 15 is 0 Å². The van der Waals surface area contributed by atoms with E-state index in [0.29, 0.717) is 31.7 Å². The molecule has 3 heterocycles. The zero-order valence-corrected chi connectivity index (χ0v) is 14.3. The third-order valence-electron chi connectivity index (χ3n) is 4.78. The van der Waals surface area contributed by atoms with Crippen molar-refractivity contribution in [1.82, 2.24) is 19.6 Å². The van der Waals surface area contributed by atoms with E-state index < -0.39 is 9.84 Å². The van der Waals surface area contributed by atoms with Crippen LogP contribution in [0.1, 0.15) is 18.4 Å². The lowest BCUT2D eigenvalue weighted by Crippen LogP contribution is -2.52. The van der Waals surface area contributed by atoms with E-state index in [9.17, 15) is 13.2 Å². The molecule has 0 radical (unpaired) electrons. The molecule has 1 aromatic heterocycles. The molecule has 2 fully saturated rings. The number of amides is 1. The van der Waals surface area contributed by atoms with Crippen LogP contribution in [0.2, 0.25) is 0 Å². The largest absolute Gasteiger partial charge is 0.340 e. The number of hydrogen-bond acceptors (Lipinski definition) is 5. The summed E-state index contributed by atoms with van der Waals surface area (Å²) in [5.74, 6) is 0.761. The number of carbonyl (C=O) groups is 1. The summed E-state index contributed by atoms with van der Waals surface area (Å²) in [6.45, 7) is 2.95. The van der Waals surface area contributed by atoms with Crippen molar-refractivity contribution in [3.8, 4) is 0 Å². The predicted molar refractivity (Wildman–Crippen MR) is 86.7 cm³/mol. The van der Waals surface area contributed by atoms with Gasteiger partial charge >= 0.3 is 0 Å². The molecule has 0 unspecified atom stereocenters. The molecule has 8 heteroatoms. The number of carbonyl (C=O) groups excluding carboxylic acids is 1. The second-order valence-electron chi connectivity index (χ2n) is 6.50. The molecule has 0 spiro atoms. The summed E-state index contributed by atoms with van der Waals surface area (Å²) < 4.78 is 24.9. The van der Waals surface area contributed by atoms with Gasteiger partial charge in [-0.1, -0.05) is 0 Å². The summed E-state index contributed by atoms with van der Waals surface area (Å²) in [5, 5.41) is 4.11. The molecule has 7 nitrogen and oxygen atoms in total. The highest BCUT2D eigenvalue weighted by atomic mass is 32.2. The Bertz CT molecular complexity index is 662. The highest BCUT2D eigenvalue weighted by Gasteiger charge is 2.34. The highest BCUT2D eigenvalue weighted by Crippen LogP contribution is 2.19. The lowest BCUT2D eigenvalue weighted by Gasteiger charge is -2.37. The number of nitrogens with zero attached hydrogens (tertiary/aromatic N) is 4. The number of rotatable bonds is 4. The van der Waals surface area contributed by atoms with Gasteiger partial charge in [-0.3, -0.25) is 14.4 Å². The van der Waals surface area contributed by atoms with Gasteiger partial charge in [-0.15, -0.1) is 0 Å². The van der Waals surface area contributed by atoms with Crippen LogP contribution >= 0.6 is 0 Å². The van der Waals surface area contributed by atoms with Crippen LogP contribution in [-0.2, 0) is 28.1 Å². The molecule has 23 heavy (non-hydrogen) atoms. The van der Waals surface area contributed by atoms with Crippen LogP contribution in [0.15, 0.2) is 12.4 Å². The Balaban J connectivity index is 1.44. The molecule has 0 bridgehead atoms. The van der Waals surface area contributed by atoms with Gasteiger partial charge in [0.1, 0.15) is 0 Å². The summed E-state index contributed by atoms with van der Waals surface area (Å²) in [5.41, 5.74) is 1.08. The summed E-state index contributed by atoms with van der Waals surface area (Å²) >= 11 is 0. The minimum atomic E-state index is -2.84. The van der Waals surface area contributed by atoms with Gasteiger partial charge in [-0.05, 0) is 18.4 Å². The molecule has 1 aromatic rings. The fourth-order valence-corrected chi connectivity index (χ4v) is 5.17. The van der Waals surface area contributed by atoms with Crippen LogP contribution in [0.4, 0.5) is 0 Å². The van der Waals surface area contributed by atoms with Gasteiger partial charge in [0.25, 0.3) is 0 Å². The minimum absolute atomic E-state index is 0.146. The second-order valence-corrected chi connectivity index (χ2v) is 8.72. The SMILES string of the molecule is Cn1cc(CCC(=O)N2CCN([C@H]3CCS(=O)(=O)C3)CC2)cn1. The molecular weight excluding hydrogens is 316 g/mol. The number of piperazine rings is 1. The van der Waals surface area contributed by atoms with Crippen molar-refractivity contribution in [3.05, 3.63) is 18.0 Å². The van der Waals surface area contributed by atoms with E-state index in [-0.39, 0.29) is 17.7 Å². The first-order valence-electron chi connectivity index (χ1n) is 8.13. The zero-order chi connectivity index (χ0) is 16.4. The van der Waals surface area contributed by atoms with E-state index in [1.807, 2.05) is 18.1 Å². The zero-order valence-electron chi connectivity index (χ0n) is 13.5. The first kappa shape index (κ1) is 16.4. The molecule has 2 saturated heterocycles. The van der Waals surface area contributed by atoms with Crippen LogP contribution in [0.25, 0.3) is 0 Å². The maximum Gasteiger partial charge on any atom is 0.222 e. The molecule has 0 N–H and O–H groups in total. The van der Waals surface area contributed by atoms with Gasteiger partial charge in [0.2, 0.25) is 5.91 Å². The molecule has 0 aromatic carbocycles. The number of aryl methyl sites for hydroxylation is 2. The average molecular weight is 340 g/mol. The van der Waals surface area contributed by atoms with E-state index in [1.54, 1.807) is 10.9 Å². The van der Waals surface area contributed by atoms with E-state index in [0.717, 1.165) is 25.1 Å². The lowest BCUT2D eigenvalue weighted by atomic mass is 10.1. The maximum atomic E-state index is 12.3. The fraction of sp³-hybridized carbons (Fsp3) is 0.733. The molecule has 3 rings (SSSR count). The van der Waals surface area contributed by atoms with Crippen LogP contribution < -0.4 is 0 Å². The molecule has 0 aliphatic carbocycles. The molecule has 1 amide bonds. The van der Waals surface area contributed by atoms with Crippen molar-refractivity contribution in [2.24, 2.45) is 7.05 Å². The van der Waals surface area contributed by atoms with E-state index in [1.165, 1.54) is 0 Å². The maximum absolute atomic E-state index is 12.3. The number of aromatic nitrogens is 2. The molecule has 128 valence electrons. The smallest absolute Gasteiger partial charge is 0.222 e. The van der Waals surface area contributed by atoms with Crippen molar-refractivity contribution in [2.75, 3.05) is 37.7 Å².